The van der Waals surface area contributed by atoms with Crippen molar-refractivity contribution in [3.8, 4) is 11.5 Å². The third-order valence-electron chi connectivity index (χ3n) is 6.67. The molecule has 5 rings (SSSR count). The second-order valence-corrected chi connectivity index (χ2v) is 9.93. The van der Waals surface area contributed by atoms with Crippen LogP contribution < -0.4 is 14.0 Å². The van der Waals surface area contributed by atoms with Gasteiger partial charge in [-0.25, -0.2) is 0 Å². The number of hydrogen-bond donors (Lipinski definition) is 4. The molecule has 1 saturated heterocycles. The summed E-state index contributed by atoms with van der Waals surface area (Å²) in [4.78, 5) is 0. The summed E-state index contributed by atoms with van der Waals surface area (Å²) in [5, 5.41) is 42.9. The van der Waals surface area contributed by atoms with Crippen LogP contribution in [0.25, 0.3) is 33.1 Å². The Bertz CT molecular complexity index is 1430. The van der Waals surface area contributed by atoms with Crippen LogP contribution in [0.3, 0.4) is 0 Å². The first-order valence-corrected chi connectivity index (χ1v) is 12.9. The zero-order chi connectivity index (χ0) is 26.1. The highest BCUT2D eigenvalue weighted by atomic mass is 32.1. The lowest BCUT2D eigenvalue weighted by atomic mass is 9.99. The summed E-state index contributed by atoms with van der Waals surface area (Å²) in [7, 11) is 1.67. The largest absolute Gasteiger partial charge is 0.497 e. The van der Waals surface area contributed by atoms with Crippen LogP contribution >= 0.6 is 11.3 Å². The van der Waals surface area contributed by atoms with Gasteiger partial charge in [0.25, 0.3) is 5.01 Å². The first-order valence-electron chi connectivity index (χ1n) is 12.1. The molecular weight excluding hydrogens is 494 g/mol. The smallest absolute Gasteiger partial charge is 0.262 e. The minimum Gasteiger partial charge on any atom is -0.497 e. The zero-order valence-corrected chi connectivity index (χ0v) is 21.3. The maximum Gasteiger partial charge on any atom is 0.262 e. The first-order chi connectivity index (χ1) is 17.9. The highest BCUT2D eigenvalue weighted by Gasteiger charge is 2.44. The maximum absolute atomic E-state index is 10.4. The average Bonchev–Trinajstić information content (AvgIpc) is 3.29. The van der Waals surface area contributed by atoms with Gasteiger partial charge < -0.3 is 34.6 Å². The molecule has 8 nitrogen and oxygen atoms in total. The molecule has 194 valence electrons. The Hall–Kier alpha value is -3.05. The van der Waals surface area contributed by atoms with Crippen molar-refractivity contribution >= 4 is 44.5 Å². The maximum atomic E-state index is 10.4. The summed E-state index contributed by atoms with van der Waals surface area (Å²) in [5.41, 5.74) is 2.13. The van der Waals surface area contributed by atoms with Crippen LogP contribution in [-0.4, -0.2) is 64.8 Å². The summed E-state index contributed by atoms with van der Waals surface area (Å²) in [6.45, 7) is 2.44. The lowest BCUT2D eigenvalue weighted by Crippen LogP contribution is -2.60. The zero-order valence-electron chi connectivity index (χ0n) is 20.5. The lowest BCUT2D eigenvalue weighted by Gasteiger charge is -2.39. The molecule has 9 heteroatoms. The third kappa shape index (κ3) is 4.82. The Kier molecular flexibility index (Phi) is 7.43. The first kappa shape index (κ1) is 25.6. The van der Waals surface area contributed by atoms with E-state index in [0.29, 0.717) is 5.75 Å². The molecule has 4 N–H and O–H groups in total. The highest BCUT2D eigenvalue weighted by molar-refractivity contribution is 7.18. The van der Waals surface area contributed by atoms with Gasteiger partial charge in [0.05, 0.1) is 13.7 Å². The van der Waals surface area contributed by atoms with Crippen molar-refractivity contribution in [1.82, 2.24) is 0 Å². The Morgan fingerprint density at radius 3 is 2.49 bits per heavy atom. The van der Waals surface area contributed by atoms with E-state index in [2.05, 4.69) is 29.7 Å². The molecule has 1 aromatic heterocycles. The highest BCUT2D eigenvalue weighted by Crippen LogP contribution is 2.33. The van der Waals surface area contributed by atoms with Gasteiger partial charge in [0.1, 0.15) is 47.2 Å². The summed E-state index contributed by atoms with van der Waals surface area (Å²) >= 11 is 1.69. The number of aliphatic hydroxyl groups excluding tert-OH is 4. The van der Waals surface area contributed by atoms with Gasteiger partial charge in [-0.3, -0.25) is 0 Å². The van der Waals surface area contributed by atoms with Gasteiger partial charge >= 0.3 is 0 Å². The predicted molar refractivity (Wildman–Crippen MR) is 142 cm³/mol. The van der Waals surface area contributed by atoms with E-state index in [4.69, 9.17) is 14.2 Å². The van der Waals surface area contributed by atoms with Crippen LogP contribution in [0.4, 0.5) is 0 Å². The van der Waals surface area contributed by atoms with Gasteiger partial charge in [-0.05, 0) is 36.1 Å². The van der Waals surface area contributed by atoms with Crippen molar-refractivity contribution in [3.63, 3.8) is 0 Å². The average molecular weight is 525 g/mol. The van der Waals surface area contributed by atoms with Gasteiger partial charge in [0, 0.05) is 23.6 Å². The topological polar surface area (TPSA) is 112 Å². The summed E-state index contributed by atoms with van der Waals surface area (Å²) in [6, 6.07) is 17.5. The quantitative estimate of drug-likeness (QED) is 0.275. The number of thiazole rings is 1. The fraction of sp³-hybridized carbons (Fsp3) is 0.321. The van der Waals surface area contributed by atoms with Gasteiger partial charge in [0.2, 0.25) is 11.8 Å². The number of nitrogens with zero attached hydrogens (tertiary/aromatic N) is 1. The van der Waals surface area contributed by atoms with Crippen molar-refractivity contribution in [3.05, 3.63) is 65.2 Å². The Morgan fingerprint density at radius 1 is 0.973 bits per heavy atom. The minimum absolute atomic E-state index is 0.453. The van der Waals surface area contributed by atoms with Crippen molar-refractivity contribution in [2.75, 3.05) is 13.7 Å². The minimum atomic E-state index is -1.50. The van der Waals surface area contributed by atoms with Crippen LogP contribution in [0.5, 0.6) is 11.5 Å². The Balaban J connectivity index is 1.47. The fourth-order valence-corrected chi connectivity index (χ4v) is 5.81. The second kappa shape index (κ2) is 10.7. The van der Waals surface area contributed by atoms with Crippen LogP contribution in [0.1, 0.15) is 17.5 Å². The van der Waals surface area contributed by atoms with Gasteiger partial charge in [-0.1, -0.05) is 41.7 Å². The molecule has 0 aliphatic carbocycles. The van der Waals surface area contributed by atoms with Crippen LogP contribution in [0, 0.1) is 0 Å². The number of ether oxygens (including phenoxy) is 3. The predicted octanol–water partition coefficient (Wildman–Crippen LogP) is 2.72. The number of benzene rings is 3. The molecule has 37 heavy (non-hydrogen) atoms. The molecule has 3 aromatic carbocycles. The normalized spacial score (nSPS) is 24.2. The molecule has 0 amide bonds. The molecule has 4 aromatic rings. The third-order valence-corrected chi connectivity index (χ3v) is 7.78. The Morgan fingerprint density at radius 2 is 1.76 bits per heavy atom. The van der Waals surface area contributed by atoms with E-state index in [0.717, 1.165) is 43.9 Å². The van der Waals surface area contributed by atoms with Crippen molar-refractivity contribution in [1.29, 1.82) is 0 Å². The van der Waals surface area contributed by atoms with E-state index in [-0.39, 0.29) is 0 Å². The van der Waals surface area contributed by atoms with Crippen molar-refractivity contribution in [2.24, 2.45) is 0 Å². The molecule has 0 bridgehead atoms. The molecule has 0 spiro atoms. The Labute approximate surface area is 218 Å². The van der Waals surface area contributed by atoms with Crippen LogP contribution in [0.15, 0.2) is 54.6 Å². The fourth-order valence-electron chi connectivity index (χ4n) is 4.66. The van der Waals surface area contributed by atoms with Crippen LogP contribution in [-0.2, 0) is 11.3 Å². The number of fused-ring (bicyclic) bond motifs is 2. The van der Waals surface area contributed by atoms with E-state index in [1.807, 2.05) is 42.5 Å². The summed E-state index contributed by atoms with van der Waals surface area (Å²) < 4.78 is 20.3. The molecule has 2 heterocycles. The van der Waals surface area contributed by atoms with E-state index in [9.17, 15) is 20.4 Å². The van der Waals surface area contributed by atoms with Crippen LogP contribution in [0.2, 0.25) is 0 Å². The summed E-state index contributed by atoms with van der Waals surface area (Å²) in [6.07, 6.45) is -2.55. The number of methoxy groups -OCH3 is 1. The lowest BCUT2D eigenvalue weighted by molar-refractivity contribution is -0.665. The van der Waals surface area contributed by atoms with Crippen molar-refractivity contribution in [2.45, 2.75) is 44.2 Å². The number of aliphatic hydroxyl groups is 4. The molecule has 1 fully saturated rings. The molecule has 0 radical (unpaired) electrons. The molecule has 0 saturated carbocycles. The van der Waals surface area contributed by atoms with Gasteiger partial charge in [0.15, 0.2) is 0 Å². The van der Waals surface area contributed by atoms with E-state index in [1.165, 1.54) is 0 Å². The van der Waals surface area contributed by atoms with Gasteiger partial charge in [-0.2, -0.15) is 4.57 Å². The van der Waals surface area contributed by atoms with Gasteiger partial charge in [-0.15, -0.1) is 0 Å². The molecule has 1 aliphatic heterocycles. The van der Waals surface area contributed by atoms with E-state index in [1.54, 1.807) is 24.5 Å². The number of aryl methyl sites for hydroxylation is 1. The summed E-state index contributed by atoms with van der Waals surface area (Å²) in [5.74, 6) is 1.28. The van der Waals surface area contributed by atoms with E-state index >= 15 is 0 Å². The molecule has 1 aliphatic rings. The number of rotatable bonds is 7. The molecule has 0 unspecified atom stereocenters. The van der Waals surface area contributed by atoms with E-state index < -0.39 is 37.3 Å². The molecular formula is C28H30NO7S+. The SMILES string of the molecule is CC[n+]1c(/C=C/c2ccc(O[C@@H]3O[C@H](CO)[C@H](O)[C@H](O)[C@H]3O)c3ccccc23)sc2cc(OC)ccc21. The number of aromatic nitrogens is 1. The molecule has 5 atom stereocenters. The van der Waals surface area contributed by atoms with Crippen molar-refractivity contribution < 1.29 is 39.2 Å². The second-order valence-electron chi connectivity index (χ2n) is 8.87. The monoisotopic (exact) mass is 524 g/mol. The number of hydrogen-bond acceptors (Lipinski definition) is 8. The standard InChI is InChI=1S/C28H30NO7S/c1-3-29-20-11-10-17(34-2)14-23(20)37-24(29)13-9-16-8-12-21(19-7-5-4-6-18(16)19)35-28-27(33)26(32)25(31)22(15-30)36-28/h4-14,22,25-28,30-33H,3,15H2,1-2H3/q+1/b13-9+/t22-,25+,26+,27-,28-/m1/s1.